The van der Waals surface area contributed by atoms with Crippen LogP contribution in [0.25, 0.3) is 0 Å². The number of benzene rings is 2. The van der Waals surface area contributed by atoms with Crippen molar-refractivity contribution in [1.29, 1.82) is 0 Å². The van der Waals surface area contributed by atoms with Gasteiger partial charge in [-0.15, -0.1) is 11.3 Å². The number of thiophene rings is 1. The molecule has 142 valence electrons. The lowest BCUT2D eigenvalue weighted by atomic mass is 9.96. The average molecular weight is 392 g/mol. The van der Waals surface area contributed by atoms with Gasteiger partial charge in [-0.25, -0.2) is 5.01 Å². The van der Waals surface area contributed by atoms with E-state index in [1.807, 2.05) is 36.4 Å². The number of hydrogen-bond donors (Lipinski definition) is 0. The van der Waals surface area contributed by atoms with Crippen molar-refractivity contribution in [3.8, 4) is 17.2 Å². The Morgan fingerprint density at radius 3 is 2.68 bits per heavy atom. The number of fused-ring (bicyclic) bond motifs is 3. The Bertz CT molecular complexity index is 1030. The summed E-state index contributed by atoms with van der Waals surface area (Å²) in [5.74, 6) is 2.36. The fourth-order valence-electron chi connectivity index (χ4n) is 3.84. The lowest BCUT2D eigenvalue weighted by molar-refractivity contribution is -0.0165. The van der Waals surface area contributed by atoms with Crippen molar-refractivity contribution in [1.82, 2.24) is 5.01 Å². The molecule has 5 rings (SSSR count). The minimum absolute atomic E-state index is 0.153. The van der Waals surface area contributed by atoms with Crippen LogP contribution in [0.1, 0.15) is 34.7 Å². The molecule has 2 aliphatic rings. The fourth-order valence-corrected chi connectivity index (χ4v) is 4.59. The molecule has 2 aliphatic heterocycles. The Hall–Kier alpha value is -2.99. The molecule has 0 radical (unpaired) electrons. The predicted molar refractivity (Wildman–Crippen MR) is 109 cm³/mol. The lowest BCUT2D eigenvalue weighted by Crippen LogP contribution is -2.33. The quantitative estimate of drug-likeness (QED) is 0.626. The van der Waals surface area contributed by atoms with Crippen LogP contribution >= 0.6 is 11.3 Å². The molecular formula is C22H20N2O3S. The third kappa shape index (κ3) is 2.72. The van der Waals surface area contributed by atoms with Gasteiger partial charge in [-0.2, -0.15) is 5.10 Å². The molecule has 0 fully saturated rings. The Morgan fingerprint density at radius 1 is 1.04 bits per heavy atom. The molecule has 2 atom stereocenters. The van der Waals surface area contributed by atoms with Gasteiger partial charge in [0.25, 0.3) is 0 Å². The molecule has 5 nitrogen and oxygen atoms in total. The zero-order valence-electron chi connectivity index (χ0n) is 15.7. The van der Waals surface area contributed by atoms with Gasteiger partial charge in [0.1, 0.15) is 5.75 Å². The van der Waals surface area contributed by atoms with E-state index < -0.39 is 0 Å². The number of ether oxygens (including phenoxy) is 3. The lowest BCUT2D eigenvalue weighted by Gasteiger charge is -2.37. The molecule has 0 saturated carbocycles. The molecule has 0 N–H and O–H groups in total. The van der Waals surface area contributed by atoms with Crippen LogP contribution in [0.15, 0.2) is 65.1 Å². The zero-order valence-corrected chi connectivity index (χ0v) is 16.5. The van der Waals surface area contributed by atoms with Crippen molar-refractivity contribution in [3.05, 3.63) is 76.0 Å². The Labute approximate surface area is 167 Å². The molecular weight excluding hydrogens is 372 g/mol. The highest BCUT2D eigenvalue weighted by Gasteiger charge is 2.41. The smallest absolute Gasteiger partial charge is 0.222 e. The first kappa shape index (κ1) is 17.1. The summed E-state index contributed by atoms with van der Waals surface area (Å²) in [5.41, 5.74) is 3.23. The number of para-hydroxylation sites is 1. The van der Waals surface area contributed by atoms with E-state index in [1.54, 1.807) is 25.6 Å². The van der Waals surface area contributed by atoms with Crippen LogP contribution in [0.3, 0.4) is 0 Å². The third-order valence-electron chi connectivity index (χ3n) is 5.20. The summed E-state index contributed by atoms with van der Waals surface area (Å²) in [6.45, 7) is 0. The first-order valence-corrected chi connectivity index (χ1v) is 10.0. The second-order valence-electron chi connectivity index (χ2n) is 6.74. The van der Waals surface area contributed by atoms with Gasteiger partial charge in [0.15, 0.2) is 11.5 Å². The van der Waals surface area contributed by atoms with E-state index in [2.05, 4.69) is 28.6 Å². The van der Waals surface area contributed by atoms with Crippen LogP contribution in [0, 0.1) is 0 Å². The molecule has 0 amide bonds. The van der Waals surface area contributed by atoms with Crippen molar-refractivity contribution in [2.45, 2.75) is 18.7 Å². The van der Waals surface area contributed by atoms with Crippen molar-refractivity contribution in [2.24, 2.45) is 5.10 Å². The molecule has 0 unspecified atom stereocenters. The molecule has 0 saturated heterocycles. The van der Waals surface area contributed by atoms with Crippen molar-refractivity contribution in [2.75, 3.05) is 14.2 Å². The minimum atomic E-state index is -0.211. The van der Waals surface area contributed by atoms with E-state index in [9.17, 15) is 0 Å². The summed E-state index contributed by atoms with van der Waals surface area (Å²) in [6.07, 6.45) is 0.607. The topological polar surface area (TPSA) is 43.3 Å². The monoisotopic (exact) mass is 392 g/mol. The SMILES string of the molecule is COc1ccc(C2=NN3[C@H](C2)c2ccccc2O[C@@H]3c2cccs2)cc1OC. The predicted octanol–water partition coefficient (Wildman–Crippen LogP) is 5.01. The van der Waals surface area contributed by atoms with Crippen LogP contribution in [0.2, 0.25) is 0 Å². The van der Waals surface area contributed by atoms with E-state index in [0.717, 1.165) is 28.3 Å². The molecule has 0 spiro atoms. The largest absolute Gasteiger partial charge is 0.493 e. The second kappa shape index (κ2) is 6.87. The summed E-state index contributed by atoms with van der Waals surface area (Å²) in [4.78, 5) is 1.15. The summed E-state index contributed by atoms with van der Waals surface area (Å²) >= 11 is 1.69. The van der Waals surface area contributed by atoms with E-state index in [0.29, 0.717) is 11.5 Å². The minimum Gasteiger partial charge on any atom is -0.493 e. The van der Waals surface area contributed by atoms with Crippen LogP contribution in [0.5, 0.6) is 17.2 Å². The van der Waals surface area contributed by atoms with E-state index >= 15 is 0 Å². The molecule has 0 bridgehead atoms. The summed E-state index contributed by atoms with van der Waals surface area (Å²) in [5, 5.41) is 9.15. The van der Waals surface area contributed by atoms with Crippen LogP contribution in [-0.4, -0.2) is 24.9 Å². The van der Waals surface area contributed by atoms with Gasteiger partial charge in [0, 0.05) is 17.5 Å². The first-order valence-electron chi connectivity index (χ1n) is 9.15. The van der Waals surface area contributed by atoms with E-state index in [-0.39, 0.29) is 12.3 Å². The third-order valence-corrected chi connectivity index (χ3v) is 6.11. The van der Waals surface area contributed by atoms with Crippen molar-refractivity contribution in [3.63, 3.8) is 0 Å². The highest BCUT2D eigenvalue weighted by Crippen LogP contribution is 2.48. The van der Waals surface area contributed by atoms with Crippen LogP contribution in [-0.2, 0) is 0 Å². The molecule has 3 aromatic rings. The van der Waals surface area contributed by atoms with Gasteiger partial charge < -0.3 is 14.2 Å². The number of methoxy groups -OCH3 is 2. The fraction of sp³-hybridized carbons (Fsp3) is 0.227. The molecule has 3 heterocycles. The molecule has 6 heteroatoms. The Morgan fingerprint density at radius 2 is 1.89 bits per heavy atom. The number of hydrogen-bond acceptors (Lipinski definition) is 6. The zero-order chi connectivity index (χ0) is 19.1. The average Bonchev–Trinajstić information content (AvgIpc) is 3.43. The Balaban J connectivity index is 1.56. The molecule has 2 aromatic carbocycles. The number of hydrazone groups is 1. The van der Waals surface area contributed by atoms with Crippen LogP contribution < -0.4 is 14.2 Å². The second-order valence-corrected chi connectivity index (χ2v) is 7.72. The van der Waals surface area contributed by atoms with Crippen molar-refractivity contribution >= 4 is 17.0 Å². The molecule has 1 aromatic heterocycles. The van der Waals surface area contributed by atoms with Gasteiger partial charge in [0.2, 0.25) is 6.23 Å². The first-order chi connectivity index (χ1) is 13.8. The number of rotatable bonds is 4. The maximum absolute atomic E-state index is 6.34. The highest BCUT2D eigenvalue weighted by molar-refractivity contribution is 7.10. The maximum Gasteiger partial charge on any atom is 0.222 e. The molecule has 0 aliphatic carbocycles. The van der Waals surface area contributed by atoms with E-state index in [1.165, 1.54) is 5.56 Å². The normalized spacial score (nSPS) is 20.1. The summed E-state index contributed by atoms with van der Waals surface area (Å²) in [6, 6.07) is 18.5. The summed E-state index contributed by atoms with van der Waals surface area (Å²) in [7, 11) is 3.29. The van der Waals surface area contributed by atoms with Gasteiger partial charge >= 0.3 is 0 Å². The van der Waals surface area contributed by atoms with Crippen molar-refractivity contribution < 1.29 is 14.2 Å². The maximum atomic E-state index is 6.34. The van der Waals surface area contributed by atoms with Crippen LogP contribution in [0.4, 0.5) is 0 Å². The standard InChI is InChI=1S/C22H20N2O3S/c1-25-19-10-9-14(12-20(19)26-2)16-13-17-15-6-3-4-7-18(15)27-22(24(17)23-16)21-8-5-11-28-21/h3-12,17,22H,13H2,1-2H3/t17-,22-/m1/s1. The van der Waals surface area contributed by atoms with Gasteiger partial charge in [-0.3, -0.25) is 0 Å². The van der Waals surface area contributed by atoms with Gasteiger partial charge in [0.05, 0.1) is 30.9 Å². The Kier molecular flexibility index (Phi) is 4.20. The summed E-state index contributed by atoms with van der Waals surface area (Å²) < 4.78 is 17.2. The van der Waals surface area contributed by atoms with Gasteiger partial charge in [-0.1, -0.05) is 24.3 Å². The van der Waals surface area contributed by atoms with Gasteiger partial charge in [-0.05, 0) is 35.7 Å². The molecule has 28 heavy (non-hydrogen) atoms. The highest BCUT2D eigenvalue weighted by atomic mass is 32.1. The number of nitrogens with zero attached hydrogens (tertiary/aromatic N) is 2. The van der Waals surface area contributed by atoms with E-state index in [4.69, 9.17) is 19.3 Å².